The fourth-order valence-corrected chi connectivity index (χ4v) is 2.17. The van der Waals surface area contributed by atoms with Crippen LogP contribution in [0, 0.1) is 0 Å². The third-order valence-corrected chi connectivity index (χ3v) is 3.28. The fraction of sp³-hybridized carbons (Fsp3) is 0.417. The molecule has 1 aliphatic heterocycles. The van der Waals surface area contributed by atoms with Gasteiger partial charge < -0.3 is 0 Å². The molecule has 2 rings (SSSR count). The van der Waals surface area contributed by atoms with Crippen LogP contribution in [0.1, 0.15) is 12.0 Å². The number of thioether (sulfide) groups is 1. The molecule has 1 atom stereocenters. The van der Waals surface area contributed by atoms with Gasteiger partial charge in [-0.1, -0.05) is 6.07 Å². The number of hydrazine groups is 1. The van der Waals surface area contributed by atoms with Gasteiger partial charge in [0.2, 0.25) is 0 Å². The average molecular weight is 264 g/mol. The highest BCUT2D eigenvalue weighted by atomic mass is 32.2. The first-order valence-electron chi connectivity index (χ1n) is 5.80. The molecule has 0 saturated heterocycles. The molecular formula is C12H16N4OS. The molecule has 0 bridgehead atoms. The van der Waals surface area contributed by atoms with Gasteiger partial charge in [-0.3, -0.25) is 25.6 Å². The smallest absolute Gasteiger partial charge is 0.263 e. The van der Waals surface area contributed by atoms with Gasteiger partial charge in [0, 0.05) is 18.8 Å². The fourth-order valence-electron chi connectivity index (χ4n) is 1.71. The third-order valence-electron chi connectivity index (χ3n) is 2.63. The molecule has 1 aliphatic rings. The number of carbonyl (C=O) groups is 1. The Kier molecular flexibility index (Phi) is 4.58. The van der Waals surface area contributed by atoms with E-state index in [1.165, 1.54) is 0 Å². The van der Waals surface area contributed by atoms with Crippen LogP contribution in [-0.4, -0.2) is 34.8 Å². The molecule has 2 heterocycles. The number of aromatic nitrogens is 1. The Morgan fingerprint density at radius 1 is 1.44 bits per heavy atom. The number of amidine groups is 1. The minimum Gasteiger partial charge on any atom is -0.285 e. The second kappa shape index (κ2) is 6.39. The van der Waals surface area contributed by atoms with Crippen molar-refractivity contribution in [1.29, 1.82) is 0 Å². The summed E-state index contributed by atoms with van der Waals surface area (Å²) in [6.07, 6.45) is 6.99. The largest absolute Gasteiger partial charge is 0.285 e. The van der Waals surface area contributed by atoms with Crippen LogP contribution in [0.3, 0.4) is 0 Å². The number of hydrogen-bond acceptors (Lipinski definition) is 5. The van der Waals surface area contributed by atoms with Crippen LogP contribution >= 0.6 is 11.8 Å². The number of pyridine rings is 1. The van der Waals surface area contributed by atoms with Crippen LogP contribution in [-0.2, 0) is 11.2 Å². The molecule has 1 amide bonds. The summed E-state index contributed by atoms with van der Waals surface area (Å²) >= 11 is 1.72. The molecule has 0 saturated carbocycles. The molecule has 5 nitrogen and oxygen atoms in total. The monoisotopic (exact) mass is 264 g/mol. The van der Waals surface area contributed by atoms with Gasteiger partial charge in [-0.05, 0) is 30.1 Å². The van der Waals surface area contributed by atoms with Crippen LogP contribution in [0.5, 0.6) is 0 Å². The lowest BCUT2D eigenvalue weighted by Gasteiger charge is -2.22. The maximum Gasteiger partial charge on any atom is 0.263 e. The highest BCUT2D eigenvalue weighted by Gasteiger charge is 2.22. The molecule has 1 aromatic heterocycles. The van der Waals surface area contributed by atoms with Crippen LogP contribution in [0.25, 0.3) is 0 Å². The topological polar surface area (TPSA) is 66.4 Å². The molecule has 1 unspecified atom stereocenters. The van der Waals surface area contributed by atoms with Crippen molar-refractivity contribution in [3.63, 3.8) is 0 Å². The number of amides is 1. The van der Waals surface area contributed by atoms with Crippen LogP contribution in [0.2, 0.25) is 0 Å². The minimum absolute atomic E-state index is 0.0565. The van der Waals surface area contributed by atoms with Crippen LogP contribution in [0.15, 0.2) is 29.5 Å². The number of carbonyl (C=O) groups excluding carboxylic acids is 1. The van der Waals surface area contributed by atoms with E-state index in [-0.39, 0.29) is 11.9 Å². The number of hydrogen-bond donors (Lipinski definition) is 2. The zero-order valence-corrected chi connectivity index (χ0v) is 11.0. The van der Waals surface area contributed by atoms with E-state index >= 15 is 0 Å². The van der Waals surface area contributed by atoms with Gasteiger partial charge in [0.05, 0.1) is 0 Å². The number of nitrogens with zero attached hydrogens (tertiary/aromatic N) is 2. The van der Waals surface area contributed by atoms with Crippen molar-refractivity contribution in [2.24, 2.45) is 4.99 Å². The molecule has 0 fully saturated rings. The second-order valence-corrected chi connectivity index (χ2v) is 5.01. The van der Waals surface area contributed by atoms with E-state index in [2.05, 4.69) is 20.8 Å². The molecule has 2 N–H and O–H groups in total. The van der Waals surface area contributed by atoms with E-state index in [1.54, 1.807) is 24.2 Å². The van der Waals surface area contributed by atoms with E-state index in [0.29, 0.717) is 6.42 Å². The summed E-state index contributed by atoms with van der Waals surface area (Å²) in [5, 5.41) is 0. The van der Waals surface area contributed by atoms with Gasteiger partial charge in [0.15, 0.2) is 0 Å². The Hall–Kier alpha value is -1.56. The molecule has 1 aromatic rings. The van der Waals surface area contributed by atoms with Gasteiger partial charge >= 0.3 is 0 Å². The van der Waals surface area contributed by atoms with E-state index < -0.39 is 0 Å². The first-order valence-corrected chi connectivity index (χ1v) is 7.19. The SMILES string of the molecule is CSCCC1N=C(Cc2cccnc2)NNC1=O. The first kappa shape index (κ1) is 12.9. The van der Waals surface area contributed by atoms with Gasteiger partial charge in [-0.25, -0.2) is 0 Å². The predicted octanol–water partition coefficient (Wildman–Crippen LogP) is 0.779. The normalized spacial score (nSPS) is 18.8. The Bertz CT molecular complexity index is 435. The Balaban J connectivity index is 2.01. The van der Waals surface area contributed by atoms with Crippen molar-refractivity contribution in [1.82, 2.24) is 15.8 Å². The van der Waals surface area contributed by atoms with Gasteiger partial charge in [-0.2, -0.15) is 11.8 Å². The summed E-state index contributed by atoms with van der Waals surface area (Å²) in [5.74, 6) is 1.66. The predicted molar refractivity (Wildman–Crippen MR) is 73.4 cm³/mol. The molecule has 18 heavy (non-hydrogen) atoms. The molecule has 0 radical (unpaired) electrons. The average Bonchev–Trinajstić information content (AvgIpc) is 2.40. The van der Waals surface area contributed by atoms with Crippen LogP contribution < -0.4 is 10.9 Å². The summed E-state index contributed by atoms with van der Waals surface area (Å²) in [5.41, 5.74) is 6.57. The molecule has 6 heteroatoms. The highest BCUT2D eigenvalue weighted by Crippen LogP contribution is 2.08. The van der Waals surface area contributed by atoms with E-state index in [0.717, 1.165) is 23.6 Å². The summed E-state index contributed by atoms with van der Waals surface area (Å²) in [6, 6.07) is 3.61. The third kappa shape index (κ3) is 3.46. The first-order chi connectivity index (χ1) is 8.79. The maximum absolute atomic E-state index is 11.6. The Morgan fingerprint density at radius 2 is 2.33 bits per heavy atom. The quantitative estimate of drug-likeness (QED) is 0.825. The number of nitrogens with one attached hydrogen (secondary N) is 2. The van der Waals surface area contributed by atoms with E-state index in [1.807, 2.05) is 18.4 Å². The zero-order chi connectivity index (χ0) is 12.8. The summed E-state index contributed by atoms with van der Waals surface area (Å²) in [6.45, 7) is 0. The second-order valence-electron chi connectivity index (χ2n) is 4.03. The summed E-state index contributed by atoms with van der Waals surface area (Å²) < 4.78 is 0. The van der Waals surface area contributed by atoms with Crippen LogP contribution in [0.4, 0.5) is 0 Å². The van der Waals surface area contributed by atoms with E-state index in [4.69, 9.17) is 0 Å². The molecule has 0 spiro atoms. The minimum atomic E-state index is -0.273. The zero-order valence-electron chi connectivity index (χ0n) is 10.2. The lowest BCUT2D eigenvalue weighted by molar-refractivity contribution is -0.123. The van der Waals surface area contributed by atoms with Gasteiger partial charge in [-0.15, -0.1) is 0 Å². The molecule has 0 aromatic carbocycles. The Labute approximate surface area is 110 Å². The van der Waals surface area contributed by atoms with Crippen molar-refractivity contribution in [3.05, 3.63) is 30.1 Å². The van der Waals surface area contributed by atoms with E-state index in [9.17, 15) is 4.79 Å². The lowest BCUT2D eigenvalue weighted by Crippen LogP contribution is -2.51. The van der Waals surface area contributed by atoms with Gasteiger partial charge in [0.25, 0.3) is 5.91 Å². The standard InChI is InChI=1S/C12H16N4OS/c1-18-6-4-10-12(17)16-15-11(14-10)7-9-3-2-5-13-8-9/h2-3,5,8,10H,4,6-7H2,1H3,(H,14,15)(H,16,17). The lowest BCUT2D eigenvalue weighted by atomic mass is 10.1. The van der Waals surface area contributed by atoms with Crippen molar-refractivity contribution in [2.45, 2.75) is 18.9 Å². The van der Waals surface area contributed by atoms with Crippen molar-refractivity contribution in [3.8, 4) is 0 Å². The Morgan fingerprint density at radius 3 is 3.06 bits per heavy atom. The molecule has 96 valence electrons. The summed E-state index contributed by atoms with van der Waals surface area (Å²) in [4.78, 5) is 20.1. The number of rotatable bonds is 5. The molecule has 0 aliphatic carbocycles. The van der Waals surface area contributed by atoms with Gasteiger partial charge in [0.1, 0.15) is 11.9 Å². The molecular weight excluding hydrogens is 248 g/mol. The maximum atomic E-state index is 11.6. The van der Waals surface area contributed by atoms with Crippen molar-refractivity contribution < 1.29 is 4.79 Å². The summed E-state index contributed by atoms with van der Waals surface area (Å²) in [7, 11) is 0. The van der Waals surface area contributed by atoms with Crippen molar-refractivity contribution in [2.75, 3.05) is 12.0 Å². The van der Waals surface area contributed by atoms with Crippen molar-refractivity contribution >= 4 is 23.5 Å². The highest BCUT2D eigenvalue weighted by molar-refractivity contribution is 7.98. The number of aliphatic imine (C=N–C) groups is 1.